The Morgan fingerprint density at radius 1 is 0.865 bits per heavy atom. The molecule has 190 valence electrons. The molecule has 5 heterocycles. The van der Waals surface area contributed by atoms with Crippen molar-refractivity contribution in [3.05, 3.63) is 48.8 Å². The van der Waals surface area contributed by atoms with Gasteiger partial charge in [-0.25, -0.2) is 19.4 Å². The maximum Gasteiger partial charge on any atom is 0.323 e. The third-order valence-corrected chi connectivity index (χ3v) is 6.49. The van der Waals surface area contributed by atoms with Crippen molar-refractivity contribution in [2.24, 2.45) is 0 Å². The molecule has 2 aliphatic rings. The van der Waals surface area contributed by atoms with Crippen molar-refractivity contribution in [1.82, 2.24) is 29.9 Å². The zero-order valence-corrected chi connectivity index (χ0v) is 20.2. The van der Waals surface area contributed by atoms with Crippen LogP contribution in [-0.2, 0) is 9.47 Å². The van der Waals surface area contributed by atoms with Crippen LogP contribution in [0.4, 0.5) is 22.0 Å². The summed E-state index contributed by atoms with van der Waals surface area (Å²) >= 11 is 0. The summed E-state index contributed by atoms with van der Waals surface area (Å²) in [6.07, 6.45) is 4.98. The van der Waals surface area contributed by atoms with Gasteiger partial charge >= 0.3 is 6.03 Å². The first-order valence-corrected chi connectivity index (χ1v) is 12.4. The van der Waals surface area contributed by atoms with E-state index in [0.29, 0.717) is 49.1 Å². The number of morpholine rings is 1. The molecule has 2 amide bonds. The zero-order chi connectivity index (χ0) is 25.0. The Morgan fingerprint density at radius 2 is 1.54 bits per heavy atom. The number of pyridine rings is 1. The van der Waals surface area contributed by atoms with Gasteiger partial charge in [0, 0.05) is 55.6 Å². The molecule has 0 saturated carbocycles. The summed E-state index contributed by atoms with van der Waals surface area (Å²) < 4.78 is 13.0. The van der Waals surface area contributed by atoms with Crippen LogP contribution in [0, 0.1) is 0 Å². The van der Waals surface area contributed by atoms with Gasteiger partial charge in [0.25, 0.3) is 0 Å². The number of hydrogen-bond donors (Lipinski definition) is 2. The SMILES string of the molecule is O=C(Nc1ccncc1)Nc1ccc(-c2nc(N3CCOCC3)c3nnn(C4CCOCC4)c3n2)cc1. The first-order chi connectivity index (χ1) is 18.2. The Kier molecular flexibility index (Phi) is 6.57. The van der Waals surface area contributed by atoms with Crippen LogP contribution in [0.25, 0.3) is 22.6 Å². The Hall–Kier alpha value is -4.16. The van der Waals surface area contributed by atoms with Crippen molar-refractivity contribution >= 4 is 34.4 Å². The average Bonchev–Trinajstić information content (AvgIpc) is 3.38. The highest BCUT2D eigenvalue weighted by atomic mass is 16.5. The highest BCUT2D eigenvalue weighted by molar-refractivity contribution is 5.99. The first kappa shape index (κ1) is 23.3. The lowest BCUT2D eigenvalue weighted by Crippen LogP contribution is -2.37. The summed E-state index contributed by atoms with van der Waals surface area (Å²) in [5.74, 6) is 1.35. The minimum absolute atomic E-state index is 0.185. The zero-order valence-electron chi connectivity index (χ0n) is 20.2. The number of carbonyl (C=O) groups excluding carboxylic acids is 1. The molecule has 3 aromatic heterocycles. The Morgan fingerprint density at radius 3 is 2.27 bits per heavy atom. The van der Waals surface area contributed by atoms with Gasteiger partial charge in [-0.1, -0.05) is 5.21 Å². The third-order valence-electron chi connectivity index (χ3n) is 6.49. The van der Waals surface area contributed by atoms with Crippen LogP contribution >= 0.6 is 0 Å². The van der Waals surface area contributed by atoms with Crippen LogP contribution in [0.3, 0.4) is 0 Å². The quantitative estimate of drug-likeness (QED) is 0.423. The third kappa shape index (κ3) is 5.06. The normalized spacial score (nSPS) is 16.6. The smallest absolute Gasteiger partial charge is 0.323 e. The van der Waals surface area contributed by atoms with Gasteiger partial charge in [0.2, 0.25) is 0 Å². The van der Waals surface area contributed by atoms with E-state index >= 15 is 0 Å². The van der Waals surface area contributed by atoms with E-state index < -0.39 is 0 Å². The lowest BCUT2D eigenvalue weighted by atomic mass is 10.1. The molecule has 12 heteroatoms. The minimum atomic E-state index is -0.335. The summed E-state index contributed by atoms with van der Waals surface area (Å²) in [6, 6.07) is 10.8. The number of benzene rings is 1. The number of amides is 2. The molecule has 2 aliphatic heterocycles. The summed E-state index contributed by atoms with van der Waals surface area (Å²) in [6.45, 7) is 4.12. The molecule has 0 unspecified atom stereocenters. The summed E-state index contributed by atoms with van der Waals surface area (Å²) in [7, 11) is 0. The minimum Gasteiger partial charge on any atom is -0.381 e. The fourth-order valence-corrected chi connectivity index (χ4v) is 4.55. The topological polar surface area (TPSA) is 132 Å². The molecule has 4 aromatic rings. The second kappa shape index (κ2) is 10.4. The van der Waals surface area contributed by atoms with Crippen molar-refractivity contribution in [3.63, 3.8) is 0 Å². The lowest BCUT2D eigenvalue weighted by molar-refractivity contribution is 0.0668. The number of nitrogens with zero attached hydrogens (tertiary/aromatic N) is 7. The van der Waals surface area contributed by atoms with Crippen molar-refractivity contribution in [3.8, 4) is 11.4 Å². The van der Waals surface area contributed by atoms with Gasteiger partial charge in [0.1, 0.15) is 0 Å². The molecule has 0 atom stereocenters. The first-order valence-electron chi connectivity index (χ1n) is 12.4. The molecule has 2 fully saturated rings. The summed E-state index contributed by atoms with van der Waals surface area (Å²) in [4.78, 5) is 28.3. The molecule has 37 heavy (non-hydrogen) atoms. The Bertz CT molecular complexity index is 1370. The summed E-state index contributed by atoms with van der Waals surface area (Å²) in [5.41, 5.74) is 3.56. The van der Waals surface area contributed by atoms with Crippen LogP contribution in [0.2, 0.25) is 0 Å². The van der Waals surface area contributed by atoms with E-state index in [0.717, 1.165) is 43.0 Å². The summed E-state index contributed by atoms with van der Waals surface area (Å²) in [5, 5.41) is 14.6. The van der Waals surface area contributed by atoms with Gasteiger partial charge in [-0.05, 0) is 49.2 Å². The molecular weight excluding hydrogens is 474 g/mol. The van der Waals surface area contributed by atoms with E-state index in [1.165, 1.54) is 0 Å². The predicted molar refractivity (Wildman–Crippen MR) is 138 cm³/mol. The predicted octanol–water partition coefficient (Wildman–Crippen LogP) is 3.12. The van der Waals surface area contributed by atoms with E-state index in [1.54, 1.807) is 24.5 Å². The number of fused-ring (bicyclic) bond motifs is 1. The molecule has 6 rings (SSSR count). The van der Waals surface area contributed by atoms with Gasteiger partial charge in [0.15, 0.2) is 22.8 Å². The molecule has 0 bridgehead atoms. The average molecular weight is 502 g/mol. The van der Waals surface area contributed by atoms with Gasteiger partial charge in [-0.3, -0.25) is 4.98 Å². The maximum absolute atomic E-state index is 12.4. The van der Waals surface area contributed by atoms with Gasteiger partial charge in [-0.2, -0.15) is 0 Å². The monoisotopic (exact) mass is 501 g/mol. The van der Waals surface area contributed by atoms with Gasteiger partial charge in [-0.15, -0.1) is 5.10 Å². The maximum atomic E-state index is 12.4. The lowest BCUT2D eigenvalue weighted by Gasteiger charge is -2.28. The molecular formula is C25H27N9O3. The number of aromatic nitrogens is 6. The second-order valence-corrected chi connectivity index (χ2v) is 8.91. The fourth-order valence-electron chi connectivity index (χ4n) is 4.55. The van der Waals surface area contributed by atoms with Crippen molar-refractivity contribution in [2.45, 2.75) is 18.9 Å². The van der Waals surface area contributed by atoms with Gasteiger partial charge < -0.3 is 25.0 Å². The Balaban J connectivity index is 1.30. The highest BCUT2D eigenvalue weighted by Crippen LogP contribution is 2.30. The van der Waals surface area contributed by atoms with E-state index in [2.05, 4.69) is 30.8 Å². The van der Waals surface area contributed by atoms with Crippen molar-refractivity contribution in [2.75, 3.05) is 55.1 Å². The standard InChI is InChI=1S/C25H27N9O3/c35-25(28-19-5-9-26-10-6-19)27-18-3-1-17(2-4-18)22-29-23(33-11-15-37-16-12-33)21-24(30-22)34(32-31-21)20-7-13-36-14-8-20/h1-6,9-10,20H,7-8,11-16H2,(H2,26,27,28,35). The van der Waals surface area contributed by atoms with Gasteiger partial charge in [0.05, 0.1) is 19.3 Å². The fraction of sp³-hybridized carbons (Fsp3) is 0.360. The number of hydrogen-bond acceptors (Lipinski definition) is 9. The Labute approximate surface area is 213 Å². The van der Waals surface area contributed by atoms with Crippen LogP contribution in [0.15, 0.2) is 48.8 Å². The van der Waals surface area contributed by atoms with Crippen molar-refractivity contribution < 1.29 is 14.3 Å². The number of nitrogens with one attached hydrogen (secondary N) is 2. The van der Waals surface area contributed by atoms with Crippen LogP contribution in [0.1, 0.15) is 18.9 Å². The molecule has 1 aromatic carbocycles. The second-order valence-electron chi connectivity index (χ2n) is 8.91. The molecule has 0 spiro atoms. The van der Waals surface area contributed by atoms with Crippen molar-refractivity contribution in [1.29, 1.82) is 0 Å². The van der Waals surface area contributed by atoms with Crippen LogP contribution < -0.4 is 15.5 Å². The number of ether oxygens (including phenoxy) is 2. The van der Waals surface area contributed by atoms with E-state index in [1.807, 2.05) is 28.9 Å². The number of anilines is 3. The van der Waals surface area contributed by atoms with E-state index in [9.17, 15) is 4.79 Å². The molecule has 12 nitrogen and oxygen atoms in total. The highest BCUT2D eigenvalue weighted by Gasteiger charge is 2.25. The number of urea groups is 1. The number of carbonyl (C=O) groups is 1. The molecule has 2 N–H and O–H groups in total. The molecule has 0 aliphatic carbocycles. The van der Waals surface area contributed by atoms with E-state index in [-0.39, 0.29) is 12.1 Å². The molecule has 2 saturated heterocycles. The largest absolute Gasteiger partial charge is 0.381 e. The van der Waals surface area contributed by atoms with Crippen LogP contribution in [-0.4, -0.2) is 75.5 Å². The van der Waals surface area contributed by atoms with Crippen LogP contribution in [0.5, 0.6) is 0 Å². The molecule has 0 radical (unpaired) electrons. The van der Waals surface area contributed by atoms with E-state index in [4.69, 9.17) is 19.4 Å². The number of rotatable bonds is 5.